The summed E-state index contributed by atoms with van der Waals surface area (Å²) in [6, 6.07) is 22.8. The number of benzene rings is 3. The van der Waals surface area contributed by atoms with Gasteiger partial charge in [0, 0.05) is 0 Å². The lowest BCUT2D eigenvalue weighted by atomic mass is 10.2. The van der Waals surface area contributed by atoms with E-state index in [-0.39, 0.29) is 0 Å². The number of carbonyl (C=O) groups is 1. The molecule has 3 nitrogen and oxygen atoms in total. The van der Waals surface area contributed by atoms with Crippen LogP contribution in [0.4, 0.5) is 0 Å². The van der Waals surface area contributed by atoms with Gasteiger partial charge < -0.3 is 9.84 Å². The largest absolute Gasteiger partial charge is 0.478 e. The Balaban J connectivity index is 2.01. The molecule has 0 amide bonds. The van der Waals surface area contributed by atoms with Crippen molar-refractivity contribution in [3.8, 4) is 11.5 Å². The smallest absolute Gasteiger partial charge is 0.340 e. The molecule has 1 aliphatic heterocycles. The molecule has 4 heteroatoms. The van der Waals surface area contributed by atoms with E-state index in [9.17, 15) is 9.90 Å². The number of carboxylic acid groups (broad SMARTS) is 1. The molecule has 0 saturated carbocycles. The van der Waals surface area contributed by atoms with Gasteiger partial charge in [0.15, 0.2) is 16.4 Å². The molecule has 0 fully saturated rings. The Morgan fingerprint density at radius 2 is 1.22 bits per heavy atom. The van der Waals surface area contributed by atoms with Crippen LogP contribution in [0, 0.1) is 0 Å². The minimum Gasteiger partial charge on any atom is -0.478 e. The van der Waals surface area contributed by atoms with Gasteiger partial charge >= 0.3 is 5.97 Å². The second kappa shape index (κ2) is 5.48. The number of hydrogen-bond donors (Lipinski definition) is 1. The molecule has 0 unspecified atom stereocenters. The van der Waals surface area contributed by atoms with Crippen molar-refractivity contribution in [2.45, 2.75) is 14.7 Å². The van der Waals surface area contributed by atoms with E-state index in [1.165, 1.54) is 0 Å². The van der Waals surface area contributed by atoms with Crippen molar-refractivity contribution in [1.29, 1.82) is 0 Å². The summed E-state index contributed by atoms with van der Waals surface area (Å²) >= 11 is 0. The number of fused-ring (bicyclic) bond motifs is 2. The lowest BCUT2D eigenvalue weighted by Gasteiger charge is -2.20. The molecular formula is C19H13O3S+. The highest BCUT2D eigenvalue weighted by atomic mass is 32.2. The third kappa shape index (κ3) is 2.28. The van der Waals surface area contributed by atoms with E-state index >= 15 is 0 Å². The second-order valence-corrected chi connectivity index (χ2v) is 7.03. The third-order valence-corrected chi connectivity index (χ3v) is 6.05. The molecule has 0 radical (unpaired) electrons. The van der Waals surface area contributed by atoms with Crippen molar-refractivity contribution in [3.63, 3.8) is 0 Å². The zero-order valence-electron chi connectivity index (χ0n) is 12.1. The SMILES string of the molecule is O=C(O)c1ccccc1[S+]1c2ccccc2Oc2ccccc21. The quantitative estimate of drug-likeness (QED) is 0.549. The fourth-order valence-electron chi connectivity index (χ4n) is 2.70. The Bertz CT molecular complexity index is 859. The molecule has 3 aromatic carbocycles. The molecule has 1 N–H and O–H groups in total. The molecule has 0 aliphatic carbocycles. The van der Waals surface area contributed by atoms with Gasteiger partial charge in [0.2, 0.25) is 9.79 Å². The molecule has 1 heterocycles. The van der Waals surface area contributed by atoms with Crippen LogP contribution in [0.1, 0.15) is 10.4 Å². The Hall–Kier alpha value is -2.72. The summed E-state index contributed by atoms with van der Waals surface area (Å²) in [4.78, 5) is 14.5. The van der Waals surface area contributed by atoms with E-state index in [4.69, 9.17) is 4.74 Å². The van der Waals surface area contributed by atoms with Crippen molar-refractivity contribution in [2.75, 3.05) is 0 Å². The average molecular weight is 321 g/mol. The number of carboxylic acids is 1. The van der Waals surface area contributed by atoms with Crippen LogP contribution >= 0.6 is 0 Å². The van der Waals surface area contributed by atoms with Crippen LogP contribution in [-0.4, -0.2) is 11.1 Å². The lowest BCUT2D eigenvalue weighted by molar-refractivity contribution is 0.0693. The molecule has 0 bridgehead atoms. The second-order valence-electron chi connectivity index (χ2n) is 5.10. The molecular weight excluding hydrogens is 308 g/mol. The maximum Gasteiger partial charge on any atom is 0.340 e. The first-order valence-electron chi connectivity index (χ1n) is 7.18. The first-order valence-corrected chi connectivity index (χ1v) is 8.41. The van der Waals surface area contributed by atoms with Gasteiger partial charge in [-0.2, -0.15) is 0 Å². The zero-order valence-corrected chi connectivity index (χ0v) is 12.9. The van der Waals surface area contributed by atoms with E-state index in [0.717, 1.165) is 26.2 Å². The number of ether oxygens (including phenoxy) is 1. The van der Waals surface area contributed by atoms with Crippen molar-refractivity contribution in [3.05, 3.63) is 78.4 Å². The minimum absolute atomic E-state index is 0.335. The summed E-state index contributed by atoms with van der Waals surface area (Å²) in [5, 5.41) is 9.57. The Morgan fingerprint density at radius 3 is 1.78 bits per heavy atom. The van der Waals surface area contributed by atoms with Crippen LogP contribution in [0.2, 0.25) is 0 Å². The first kappa shape index (κ1) is 13.9. The standard InChI is InChI=1S/C19H12O3S/c20-19(21)13-7-1-4-10-16(13)23-17-11-5-2-8-14(17)22-15-9-3-6-12-18(15)23/h1-12H/p+1. The zero-order chi connectivity index (χ0) is 15.8. The van der Waals surface area contributed by atoms with E-state index in [2.05, 4.69) is 0 Å². The monoisotopic (exact) mass is 321 g/mol. The molecule has 0 aromatic heterocycles. The Kier molecular flexibility index (Phi) is 3.32. The molecule has 4 rings (SSSR count). The topological polar surface area (TPSA) is 46.5 Å². The highest BCUT2D eigenvalue weighted by Gasteiger charge is 2.41. The maximum atomic E-state index is 11.7. The van der Waals surface area contributed by atoms with Crippen LogP contribution in [0.15, 0.2) is 87.5 Å². The first-order chi connectivity index (χ1) is 11.3. The van der Waals surface area contributed by atoms with Crippen LogP contribution in [-0.2, 0) is 10.9 Å². The van der Waals surface area contributed by atoms with E-state index in [1.807, 2.05) is 60.7 Å². The van der Waals surface area contributed by atoms with Gasteiger partial charge in [-0.15, -0.1) is 0 Å². The summed E-state index contributed by atoms with van der Waals surface area (Å²) in [7, 11) is -0.496. The highest BCUT2D eigenvalue weighted by Crippen LogP contribution is 2.47. The Morgan fingerprint density at radius 1 is 0.739 bits per heavy atom. The molecule has 0 spiro atoms. The molecule has 23 heavy (non-hydrogen) atoms. The van der Waals surface area contributed by atoms with Gasteiger partial charge in [0.1, 0.15) is 16.5 Å². The minimum atomic E-state index is -0.908. The van der Waals surface area contributed by atoms with Crippen molar-refractivity contribution in [1.82, 2.24) is 0 Å². The summed E-state index contributed by atoms with van der Waals surface area (Å²) in [5.74, 6) is 0.666. The fourth-order valence-corrected chi connectivity index (χ4v) is 5.05. The number of para-hydroxylation sites is 2. The van der Waals surface area contributed by atoms with Gasteiger partial charge in [-0.3, -0.25) is 0 Å². The van der Waals surface area contributed by atoms with Gasteiger partial charge in [-0.25, -0.2) is 4.79 Å². The fraction of sp³-hybridized carbons (Fsp3) is 0. The van der Waals surface area contributed by atoms with Crippen LogP contribution < -0.4 is 4.74 Å². The summed E-state index contributed by atoms with van der Waals surface area (Å²) in [5.41, 5.74) is 0.335. The normalized spacial score (nSPS) is 12.9. The number of hydrogen-bond acceptors (Lipinski definition) is 2. The summed E-state index contributed by atoms with van der Waals surface area (Å²) in [6.45, 7) is 0. The summed E-state index contributed by atoms with van der Waals surface area (Å²) < 4.78 is 5.99. The van der Waals surface area contributed by atoms with Crippen LogP contribution in [0.5, 0.6) is 11.5 Å². The molecule has 0 saturated heterocycles. The van der Waals surface area contributed by atoms with Crippen molar-refractivity contribution in [2.24, 2.45) is 0 Å². The number of rotatable bonds is 2. The maximum absolute atomic E-state index is 11.7. The third-order valence-electron chi connectivity index (χ3n) is 3.70. The van der Waals surface area contributed by atoms with Crippen LogP contribution in [0.3, 0.4) is 0 Å². The van der Waals surface area contributed by atoms with E-state index < -0.39 is 16.9 Å². The average Bonchev–Trinajstić information content (AvgIpc) is 2.59. The molecule has 112 valence electrons. The number of aromatic carboxylic acids is 1. The molecule has 1 aliphatic rings. The van der Waals surface area contributed by atoms with E-state index in [0.29, 0.717) is 5.56 Å². The van der Waals surface area contributed by atoms with E-state index in [1.54, 1.807) is 12.1 Å². The van der Waals surface area contributed by atoms with Gasteiger partial charge in [0.25, 0.3) is 0 Å². The Labute approximate surface area is 136 Å². The predicted molar refractivity (Wildman–Crippen MR) is 88.5 cm³/mol. The van der Waals surface area contributed by atoms with Gasteiger partial charge in [0.05, 0.1) is 0 Å². The molecule has 0 atom stereocenters. The van der Waals surface area contributed by atoms with Crippen LogP contribution in [0.25, 0.3) is 0 Å². The van der Waals surface area contributed by atoms with Crippen molar-refractivity contribution >= 4 is 16.9 Å². The van der Waals surface area contributed by atoms with Gasteiger partial charge in [-0.1, -0.05) is 36.4 Å². The predicted octanol–water partition coefficient (Wildman–Crippen LogP) is 4.59. The highest BCUT2D eigenvalue weighted by molar-refractivity contribution is 7.97. The summed E-state index contributed by atoms with van der Waals surface area (Å²) in [6.07, 6.45) is 0. The van der Waals surface area contributed by atoms with Gasteiger partial charge in [-0.05, 0) is 36.4 Å². The van der Waals surface area contributed by atoms with Crippen molar-refractivity contribution < 1.29 is 14.6 Å². The molecule has 3 aromatic rings. The lowest BCUT2D eigenvalue weighted by Crippen LogP contribution is -2.15.